The molecule has 0 aromatic rings. The molecule has 0 saturated carbocycles. The van der Waals surface area contributed by atoms with Crippen molar-refractivity contribution in [2.75, 3.05) is 26.3 Å². The van der Waals surface area contributed by atoms with E-state index in [-0.39, 0.29) is 6.73 Å². The molecule has 0 radical (unpaired) electrons. The van der Waals surface area contributed by atoms with Gasteiger partial charge in [0.2, 0.25) is 0 Å². The summed E-state index contributed by atoms with van der Waals surface area (Å²) < 4.78 is 4.89. The Morgan fingerprint density at radius 2 is 2.30 bits per heavy atom. The van der Waals surface area contributed by atoms with Crippen LogP contribution >= 0.6 is 23.2 Å². The van der Waals surface area contributed by atoms with Crippen molar-refractivity contribution in [3.8, 4) is 0 Å². The van der Waals surface area contributed by atoms with E-state index in [1.165, 1.54) is 4.90 Å². The van der Waals surface area contributed by atoms with Crippen LogP contribution in [0.2, 0.25) is 0 Å². The Balaban J connectivity index is 3.21. The van der Waals surface area contributed by atoms with Gasteiger partial charge in [0.1, 0.15) is 6.73 Å². The molecule has 0 N–H and O–H groups in total. The van der Waals surface area contributed by atoms with E-state index in [2.05, 4.69) is 0 Å². The van der Waals surface area contributed by atoms with Gasteiger partial charge in [-0.1, -0.05) is 0 Å². The fraction of sp³-hybridized carbons (Fsp3) is 0.800. The molecule has 0 aliphatic carbocycles. The Bertz CT molecular complexity index is 110. The third kappa shape index (κ3) is 4.85. The summed E-state index contributed by atoms with van der Waals surface area (Å²) in [7, 11) is 1.55. The Hall–Kier alpha value is 0.01000. The van der Waals surface area contributed by atoms with Gasteiger partial charge in [-0.3, -0.25) is 4.79 Å². The van der Waals surface area contributed by atoms with E-state index in [0.29, 0.717) is 12.5 Å². The van der Waals surface area contributed by atoms with Gasteiger partial charge in [-0.25, -0.2) is 0 Å². The van der Waals surface area contributed by atoms with Crippen LogP contribution in [0.1, 0.15) is 0 Å². The van der Waals surface area contributed by atoms with Crippen molar-refractivity contribution in [2.45, 2.75) is 0 Å². The minimum atomic E-state index is -0.533. The number of ether oxygens (including phenoxy) is 1. The molecule has 0 aliphatic heterocycles. The quantitative estimate of drug-likeness (QED) is 0.219. The molecule has 1 amide bonds. The van der Waals surface area contributed by atoms with Gasteiger partial charge in [0.25, 0.3) is 0 Å². The van der Waals surface area contributed by atoms with Gasteiger partial charge in [-0.15, -0.1) is 11.6 Å². The third-order valence-corrected chi connectivity index (χ3v) is 1.25. The van der Waals surface area contributed by atoms with E-state index in [9.17, 15) is 4.79 Å². The molecule has 0 bridgehead atoms. The van der Waals surface area contributed by atoms with E-state index in [0.717, 1.165) is 0 Å². The molecule has 0 aliphatic rings. The molecular weight excluding hydrogens is 177 g/mol. The van der Waals surface area contributed by atoms with Crippen molar-refractivity contribution in [3.05, 3.63) is 0 Å². The number of hydrogen-bond donors (Lipinski definition) is 0. The van der Waals surface area contributed by atoms with Crippen LogP contribution in [0.15, 0.2) is 0 Å². The Kier molecular flexibility index (Phi) is 5.78. The van der Waals surface area contributed by atoms with E-state index in [1.807, 2.05) is 0 Å². The molecule has 0 saturated heterocycles. The Labute approximate surface area is 69.8 Å². The molecule has 0 aromatic heterocycles. The van der Waals surface area contributed by atoms with E-state index in [4.69, 9.17) is 27.9 Å². The molecule has 3 nitrogen and oxygen atoms in total. The van der Waals surface area contributed by atoms with Crippen LogP contribution in [0, 0.1) is 0 Å². The Morgan fingerprint density at radius 1 is 1.70 bits per heavy atom. The molecule has 0 aromatic carbocycles. The van der Waals surface area contributed by atoms with Gasteiger partial charge in [-0.05, 0) is 11.6 Å². The van der Waals surface area contributed by atoms with Crippen LogP contribution in [0.4, 0.5) is 4.79 Å². The predicted molar refractivity (Wildman–Crippen MR) is 40.6 cm³/mol. The number of hydrogen-bond acceptors (Lipinski definition) is 2. The summed E-state index contributed by atoms with van der Waals surface area (Å²) in [5, 5.41) is -0.533. The smallest absolute Gasteiger partial charge is 0.317 e. The second-order valence-electron chi connectivity index (χ2n) is 1.68. The van der Waals surface area contributed by atoms with Gasteiger partial charge in [-0.2, -0.15) is 0 Å². The van der Waals surface area contributed by atoms with E-state index < -0.39 is 5.37 Å². The van der Waals surface area contributed by atoms with Crippen LogP contribution in [-0.4, -0.2) is 36.5 Å². The first-order chi connectivity index (χ1) is 4.68. The second-order valence-corrected chi connectivity index (χ2v) is 2.38. The normalized spacial score (nSPS) is 9.50. The number of rotatable bonds is 4. The Morgan fingerprint density at radius 3 is 2.70 bits per heavy atom. The average Bonchev–Trinajstić information content (AvgIpc) is 1.88. The summed E-state index contributed by atoms with van der Waals surface area (Å²) in [5.74, 6) is 0.421. The third-order valence-electron chi connectivity index (χ3n) is 0.807. The lowest BCUT2D eigenvalue weighted by Gasteiger charge is -2.11. The van der Waals surface area contributed by atoms with Gasteiger partial charge in [0.15, 0.2) is 0 Å². The van der Waals surface area contributed by atoms with Crippen molar-refractivity contribution in [1.82, 2.24) is 4.90 Å². The molecule has 0 unspecified atom stereocenters. The van der Waals surface area contributed by atoms with Crippen LogP contribution < -0.4 is 0 Å². The summed E-state index contributed by atoms with van der Waals surface area (Å²) in [5.41, 5.74) is 0. The predicted octanol–water partition coefficient (Wildman–Crippen LogP) is 1.49. The van der Waals surface area contributed by atoms with Crippen LogP contribution in [-0.2, 0) is 4.74 Å². The molecule has 0 fully saturated rings. The zero-order chi connectivity index (χ0) is 7.98. The minimum Gasteiger partial charge on any atom is -0.360 e. The summed E-state index contributed by atoms with van der Waals surface area (Å²) in [6.07, 6.45) is 0. The lowest BCUT2D eigenvalue weighted by Crippen LogP contribution is -2.24. The highest BCUT2D eigenvalue weighted by molar-refractivity contribution is 6.62. The fourth-order valence-electron chi connectivity index (χ4n) is 0.307. The first kappa shape index (κ1) is 10.0. The summed E-state index contributed by atoms with van der Waals surface area (Å²) in [6, 6.07) is 0. The molecule has 60 valence electrons. The van der Waals surface area contributed by atoms with Crippen LogP contribution in [0.3, 0.4) is 0 Å². The van der Waals surface area contributed by atoms with Gasteiger partial charge in [0.05, 0.1) is 6.61 Å². The summed E-state index contributed by atoms with van der Waals surface area (Å²) in [4.78, 5) is 11.6. The molecule has 0 heterocycles. The standard InChI is InChI=1S/C5H9Cl2NO2/c1-8(5(7)9)4-10-3-2-6/h2-4H2,1H3. The van der Waals surface area contributed by atoms with Gasteiger partial charge >= 0.3 is 5.37 Å². The maximum absolute atomic E-state index is 10.3. The second kappa shape index (κ2) is 5.77. The molecule has 0 spiro atoms. The van der Waals surface area contributed by atoms with Gasteiger partial charge < -0.3 is 9.64 Å². The lowest BCUT2D eigenvalue weighted by atomic mass is 10.8. The zero-order valence-electron chi connectivity index (χ0n) is 5.64. The van der Waals surface area contributed by atoms with E-state index >= 15 is 0 Å². The van der Waals surface area contributed by atoms with Crippen molar-refractivity contribution in [1.29, 1.82) is 0 Å². The highest BCUT2D eigenvalue weighted by Gasteiger charge is 2.01. The highest BCUT2D eigenvalue weighted by Crippen LogP contribution is 1.91. The molecular formula is C5H9Cl2NO2. The van der Waals surface area contributed by atoms with Crippen molar-refractivity contribution >= 4 is 28.6 Å². The maximum Gasteiger partial charge on any atom is 0.317 e. The topological polar surface area (TPSA) is 29.5 Å². The van der Waals surface area contributed by atoms with Gasteiger partial charge in [0, 0.05) is 12.9 Å². The molecule has 10 heavy (non-hydrogen) atoms. The van der Waals surface area contributed by atoms with E-state index in [1.54, 1.807) is 7.05 Å². The summed E-state index contributed by atoms with van der Waals surface area (Å²) >= 11 is 10.4. The molecule has 5 heteroatoms. The fourth-order valence-corrected chi connectivity index (χ4v) is 0.465. The highest BCUT2D eigenvalue weighted by atomic mass is 35.5. The first-order valence-corrected chi connectivity index (χ1v) is 3.64. The molecule has 0 atom stereocenters. The number of halogens is 2. The number of carbonyl (C=O) groups excluding carboxylic acids is 1. The number of alkyl halides is 1. The number of nitrogens with zero attached hydrogens (tertiary/aromatic N) is 1. The monoisotopic (exact) mass is 185 g/mol. The summed E-state index contributed by atoms with van der Waals surface area (Å²) in [6.45, 7) is 0.616. The first-order valence-electron chi connectivity index (χ1n) is 2.72. The zero-order valence-corrected chi connectivity index (χ0v) is 7.15. The number of carbonyl (C=O) groups is 1. The maximum atomic E-state index is 10.3. The van der Waals surface area contributed by atoms with Crippen molar-refractivity contribution in [3.63, 3.8) is 0 Å². The molecule has 0 rings (SSSR count). The van der Waals surface area contributed by atoms with Crippen LogP contribution in [0.25, 0.3) is 0 Å². The minimum absolute atomic E-state index is 0.190. The average molecular weight is 186 g/mol. The largest absolute Gasteiger partial charge is 0.360 e. The van der Waals surface area contributed by atoms with Crippen molar-refractivity contribution < 1.29 is 9.53 Å². The van der Waals surface area contributed by atoms with Crippen LogP contribution in [0.5, 0.6) is 0 Å². The number of amides is 1. The van der Waals surface area contributed by atoms with Crippen molar-refractivity contribution in [2.24, 2.45) is 0 Å². The SMILES string of the molecule is CN(COCCCl)C(=O)Cl. The lowest BCUT2D eigenvalue weighted by molar-refractivity contribution is 0.0754.